The fourth-order valence-electron chi connectivity index (χ4n) is 1.73. The summed E-state index contributed by atoms with van der Waals surface area (Å²) in [5.74, 6) is -0.410. The van der Waals surface area contributed by atoms with Crippen LogP contribution in [-0.4, -0.2) is 17.6 Å². The molecule has 0 fully saturated rings. The van der Waals surface area contributed by atoms with Crippen LogP contribution in [0.25, 0.3) is 0 Å². The fraction of sp³-hybridized carbons (Fsp3) is 0.0714. The number of alkyl halides is 3. The number of rotatable bonds is 5. The van der Waals surface area contributed by atoms with Gasteiger partial charge in [-0.15, -0.1) is 13.2 Å². The minimum atomic E-state index is -4.84. The van der Waals surface area contributed by atoms with Gasteiger partial charge in [-0.2, -0.15) is 0 Å². The van der Waals surface area contributed by atoms with Gasteiger partial charge in [0, 0.05) is 12.1 Å². The maximum absolute atomic E-state index is 12.2. The van der Waals surface area contributed by atoms with Gasteiger partial charge in [0.25, 0.3) is 5.69 Å². The lowest BCUT2D eigenvalue weighted by atomic mass is 10.2. The molecule has 0 amide bonds. The van der Waals surface area contributed by atoms with Gasteiger partial charge in [-0.05, 0) is 24.3 Å². The third-order valence-corrected chi connectivity index (χ3v) is 2.60. The number of nitrogens with zero attached hydrogens (tertiary/aromatic N) is 1. The molecule has 0 atom stereocenters. The van der Waals surface area contributed by atoms with Crippen LogP contribution < -0.4 is 9.47 Å². The third kappa shape index (κ3) is 4.43. The lowest BCUT2D eigenvalue weighted by Gasteiger charge is -2.11. The Balaban J connectivity index is 2.24. The first-order chi connectivity index (χ1) is 10.8. The van der Waals surface area contributed by atoms with Crippen LogP contribution in [-0.2, 0) is 0 Å². The Kier molecular flexibility index (Phi) is 4.49. The van der Waals surface area contributed by atoms with E-state index in [4.69, 9.17) is 4.74 Å². The molecular weight excluding hydrogens is 319 g/mol. The molecule has 0 N–H and O–H groups in total. The van der Waals surface area contributed by atoms with E-state index < -0.39 is 22.7 Å². The van der Waals surface area contributed by atoms with Crippen molar-refractivity contribution in [2.45, 2.75) is 6.36 Å². The largest absolute Gasteiger partial charge is 0.573 e. The van der Waals surface area contributed by atoms with Crippen molar-refractivity contribution >= 4 is 12.0 Å². The van der Waals surface area contributed by atoms with Gasteiger partial charge in [0.1, 0.15) is 17.2 Å². The summed E-state index contributed by atoms with van der Waals surface area (Å²) < 4.78 is 45.5. The number of hydrogen-bond acceptors (Lipinski definition) is 5. The first-order valence-electron chi connectivity index (χ1n) is 6.06. The SMILES string of the molecule is O=Cc1cc(Oc2cccc(OC(F)(F)F)c2)ccc1[N+](=O)[O-]. The molecule has 0 aromatic heterocycles. The van der Waals surface area contributed by atoms with Crippen LogP contribution in [0.1, 0.15) is 10.4 Å². The van der Waals surface area contributed by atoms with Gasteiger partial charge in [0.05, 0.1) is 10.5 Å². The molecule has 0 saturated heterocycles. The van der Waals surface area contributed by atoms with Gasteiger partial charge in [-0.3, -0.25) is 14.9 Å². The topological polar surface area (TPSA) is 78.7 Å². The summed E-state index contributed by atoms with van der Waals surface area (Å²) >= 11 is 0. The quantitative estimate of drug-likeness (QED) is 0.469. The lowest BCUT2D eigenvalue weighted by Crippen LogP contribution is -2.17. The average Bonchev–Trinajstić information content (AvgIpc) is 2.45. The summed E-state index contributed by atoms with van der Waals surface area (Å²) in [4.78, 5) is 20.8. The maximum Gasteiger partial charge on any atom is 0.573 e. The van der Waals surface area contributed by atoms with E-state index in [1.165, 1.54) is 18.2 Å². The third-order valence-electron chi connectivity index (χ3n) is 2.60. The number of aldehydes is 1. The minimum Gasteiger partial charge on any atom is -0.457 e. The predicted molar refractivity (Wildman–Crippen MR) is 71.7 cm³/mol. The van der Waals surface area contributed by atoms with Gasteiger partial charge in [-0.1, -0.05) is 6.07 Å². The van der Waals surface area contributed by atoms with Crippen molar-refractivity contribution in [2.75, 3.05) is 0 Å². The molecule has 0 aliphatic rings. The smallest absolute Gasteiger partial charge is 0.457 e. The highest BCUT2D eigenvalue weighted by Crippen LogP contribution is 2.30. The van der Waals surface area contributed by atoms with E-state index in [0.717, 1.165) is 24.3 Å². The Morgan fingerprint density at radius 2 is 1.70 bits per heavy atom. The molecule has 0 unspecified atom stereocenters. The summed E-state index contributed by atoms with van der Waals surface area (Å²) in [6.45, 7) is 0. The monoisotopic (exact) mass is 327 g/mol. The molecule has 6 nitrogen and oxygen atoms in total. The second kappa shape index (κ2) is 6.34. The van der Waals surface area contributed by atoms with Gasteiger partial charge < -0.3 is 9.47 Å². The van der Waals surface area contributed by atoms with Crippen molar-refractivity contribution in [3.8, 4) is 17.2 Å². The Morgan fingerprint density at radius 1 is 1.04 bits per heavy atom. The van der Waals surface area contributed by atoms with E-state index in [0.29, 0.717) is 0 Å². The number of hydrogen-bond donors (Lipinski definition) is 0. The van der Waals surface area contributed by atoms with E-state index in [-0.39, 0.29) is 23.3 Å². The maximum atomic E-state index is 12.2. The number of benzene rings is 2. The highest BCUT2D eigenvalue weighted by molar-refractivity contribution is 5.82. The zero-order valence-electron chi connectivity index (χ0n) is 11.2. The Morgan fingerprint density at radius 3 is 2.30 bits per heavy atom. The van der Waals surface area contributed by atoms with Crippen LogP contribution in [0.3, 0.4) is 0 Å². The van der Waals surface area contributed by atoms with Crippen LogP contribution in [0.2, 0.25) is 0 Å². The molecule has 2 aromatic carbocycles. The number of carbonyl (C=O) groups excluding carboxylic acids is 1. The van der Waals surface area contributed by atoms with Gasteiger partial charge in [0.15, 0.2) is 6.29 Å². The predicted octanol–water partition coefficient (Wildman–Crippen LogP) is 4.10. The molecule has 9 heteroatoms. The minimum absolute atomic E-state index is 0.0115. The summed E-state index contributed by atoms with van der Waals surface area (Å²) in [5, 5.41) is 10.7. The molecule has 0 heterocycles. The van der Waals surface area contributed by atoms with Gasteiger partial charge >= 0.3 is 6.36 Å². The standard InChI is InChI=1S/C14H8F3NO5/c15-14(16,17)23-12-3-1-2-10(7-12)22-11-4-5-13(18(20)21)9(6-11)8-19/h1-8H. The van der Waals surface area contributed by atoms with Crippen LogP contribution in [0, 0.1) is 10.1 Å². The molecule has 0 saturated carbocycles. The van der Waals surface area contributed by atoms with E-state index >= 15 is 0 Å². The molecule has 0 aliphatic heterocycles. The van der Waals surface area contributed by atoms with Crippen LogP contribution in [0.5, 0.6) is 17.2 Å². The number of halogens is 3. The van der Waals surface area contributed by atoms with Gasteiger partial charge in [-0.25, -0.2) is 0 Å². The van der Waals surface area contributed by atoms with Crippen molar-refractivity contribution in [1.82, 2.24) is 0 Å². The molecule has 0 radical (unpaired) electrons. The molecular formula is C14H8F3NO5. The second-order valence-electron chi connectivity index (χ2n) is 4.22. The number of carbonyl (C=O) groups is 1. The highest BCUT2D eigenvalue weighted by atomic mass is 19.4. The van der Waals surface area contributed by atoms with Crippen LogP contribution >= 0.6 is 0 Å². The van der Waals surface area contributed by atoms with E-state index in [1.54, 1.807) is 0 Å². The lowest BCUT2D eigenvalue weighted by molar-refractivity contribution is -0.385. The average molecular weight is 327 g/mol. The van der Waals surface area contributed by atoms with Crippen LogP contribution in [0.4, 0.5) is 18.9 Å². The molecule has 2 aromatic rings. The van der Waals surface area contributed by atoms with Gasteiger partial charge in [0.2, 0.25) is 0 Å². The molecule has 120 valence electrons. The fourth-order valence-corrected chi connectivity index (χ4v) is 1.73. The highest BCUT2D eigenvalue weighted by Gasteiger charge is 2.31. The van der Waals surface area contributed by atoms with Crippen molar-refractivity contribution in [2.24, 2.45) is 0 Å². The Hall–Kier alpha value is -3.10. The zero-order valence-corrected chi connectivity index (χ0v) is 11.2. The van der Waals surface area contributed by atoms with Crippen molar-refractivity contribution < 1.29 is 32.4 Å². The summed E-state index contributed by atoms with van der Waals surface area (Å²) in [7, 11) is 0. The van der Waals surface area contributed by atoms with E-state index in [9.17, 15) is 28.1 Å². The first-order valence-corrected chi connectivity index (χ1v) is 6.06. The number of nitro groups is 1. The summed E-state index contributed by atoms with van der Waals surface area (Å²) in [6.07, 6.45) is -4.55. The van der Waals surface area contributed by atoms with Crippen molar-refractivity contribution in [3.63, 3.8) is 0 Å². The molecule has 0 aliphatic carbocycles. The Bertz CT molecular complexity index is 745. The molecule has 0 bridgehead atoms. The second-order valence-corrected chi connectivity index (χ2v) is 4.22. The number of ether oxygens (including phenoxy) is 2. The normalized spacial score (nSPS) is 10.9. The van der Waals surface area contributed by atoms with Crippen LogP contribution in [0.15, 0.2) is 42.5 Å². The number of nitro benzene ring substituents is 1. The molecule has 0 spiro atoms. The van der Waals surface area contributed by atoms with Crippen molar-refractivity contribution in [1.29, 1.82) is 0 Å². The summed E-state index contributed by atoms with van der Waals surface area (Å²) in [6, 6.07) is 8.14. The Labute approximate surface area is 127 Å². The zero-order chi connectivity index (χ0) is 17.0. The van der Waals surface area contributed by atoms with Crippen molar-refractivity contribution in [3.05, 3.63) is 58.1 Å². The summed E-state index contributed by atoms with van der Waals surface area (Å²) in [5.41, 5.74) is -0.614. The first kappa shape index (κ1) is 16.3. The van der Waals surface area contributed by atoms with E-state index in [2.05, 4.69) is 4.74 Å². The molecule has 23 heavy (non-hydrogen) atoms. The van der Waals surface area contributed by atoms with E-state index in [1.807, 2.05) is 0 Å². The molecule has 2 rings (SSSR count).